The topological polar surface area (TPSA) is 75.5 Å². The van der Waals surface area contributed by atoms with E-state index in [0.717, 1.165) is 28.4 Å². The van der Waals surface area contributed by atoms with E-state index in [4.69, 9.17) is 14.9 Å². The van der Waals surface area contributed by atoms with Crippen LogP contribution in [-0.2, 0) is 20.1 Å². The molecule has 2 N–H and O–H groups in total. The van der Waals surface area contributed by atoms with E-state index in [1.807, 2.05) is 45.9 Å². The van der Waals surface area contributed by atoms with Gasteiger partial charge in [-0.25, -0.2) is 0 Å². The molecule has 0 saturated heterocycles. The molecule has 2 unspecified atom stereocenters. The second-order valence-electron chi connectivity index (χ2n) is 6.69. The number of aryl methyl sites for hydroxylation is 2. The second kappa shape index (κ2) is 12.2. The molecule has 0 aliphatic heterocycles. The van der Waals surface area contributed by atoms with Crippen LogP contribution in [0.4, 0.5) is 13.2 Å². The SMILES string of the molecule is CC(O)CC(O)C(F)(F)F.Cc1cnc(-c2[c-]ccc(OC(C)C)c2)c(C)n1.[Ir]. The Morgan fingerprint density at radius 2 is 1.79 bits per heavy atom. The zero-order valence-corrected chi connectivity index (χ0v) is 19.3. The maximum Gasteiger partial charge on any atom is 0.414 e. The summed E-state index contributed by atoms with van der Waals surface area (Å²) in [6.45, 7) is 9.10. The standard InChI is InChI=1S/C15H17N2O.C5H9F3O2.Ir/c1-10(2)18-14-7-5-6-13(8-14)15-12(4)17-11(3)9-16-15;1-3(9)2-4(10)5(6,7)8;/h5,7-10H,1-4H3;3-4,9-10H,2H2,1H3;/q-1;;. The number of ether oxygens (including phenoxy) is 1. The number of hydrogen-bond donors (Lipinski definition) is 2. The van der Waals surface area contributed by atoms with Gasteiger partial charge in [-0.3, -0.25) is 4.98 Å². The summed E-state index contributed by atoms with van der Waals surface area (Å²) >= 11 is 0. The molecule has 1 heterocycles. The molecule has 2 rings (SSSR count). The minimum atomic E-state index is -4.61. The summed E-state index contributed by atoms with van der Waals surface area (Å²) in [4.78, 5) is 8.84. The van der Waals surface area contributed by atoms with Crippen molar-refractivity contribution in [1.82, 2.24) is 9.97 Å². The fraction of sp³-hybridized carbons (Fsp3) is 0.500. The minimum Gasteiger partial charge on any atom is -0.510 e. The van der Waals surface area contributed by atoms with E-state index in [-0.39, 0.29) is 26.2 Å². The minimum absolute atomic E-state index is 0. The molecule has 29 heavy (non-hydrogen) atoms. The van der Waals surface area contributed by atoms with Crippen molar-refractivity contribution in [2.45, 2.75) is 65.5 Å². The third-order valence-electron chi connectivity index (χ3n) is 3.41. The third-order valence-corrected chi connectivity index (χ3v) is 3.41. The third kappa shape index (κ3) is 10.2. The summed E-state index contributed by atoms with van der Waals surface area (Å²) < 4.78 is 40.0. The van der Waals surface area contributed by atoms with Crippen LogP contribution in [0.3, 0.4) is 0 Å². The smallest absolute Gasteiger partial charge is 0.414 e. The van der Waals surface area contributed by atoms with Crippen LogP contribution in [0.2, 0.25) is 0 Å². The van der Waals surface area contributed by atoms with Gasteiger partial charge in [-0.1, -0.05) is 0 Å². The maximum atomic E-state index is 11.4. The van der Waals surface area contributed by atoms with Crippen LogP contribution >= 0.6 is 0 Å². The molecular weight excluding hydrogens is 565 g/mol. The van der Waals surface area contributed by atoms with Gasteiger partial charge < -0.3 is 19.9 Å². The van der Waals surface area contributed by atoms with Crippen molar-refractivity contribution in [1.29, 1.82) is 0 Å². The van der Waals surface area contributed by atoms with E-state index >= 15 is 0 Å². The molecule has 0 spiro atoms. The van der Waals surface area contributed by atoms with Gasteiger partial charge in [-0.15, -0.1) is 29.8 Å². The largest absolute Gasteiger partial charge is 0.510 e. The predicted molar refractivity (Wildman–Crippen MR) is 99.9 cm³/mol. The Morgan fingerprint density at radius 3 is 2.24 bits per heavy atom. The Hall–Kier alpha value is -1.54. The molecule has 0 aliphatic carbocycles. The number of aliphatic hydroxyl groups excluding tert-OH is 2. The van der Waals surface area contributed by atoms with E-state index in [1.54, 1.807) is 6.20 Å². The summed E-state index contributed by atoms with van der Waals surface area (Å²) in [5, 5.41) is 16.7. The number of alkyl halides is 3. The summed E-state index contributed by atoms with van der Waals surface area (Å²) in [5.41, 5.74) is 3.60. The van der Waals surface area contributed by atoms with Gasteiger partial charge in [0.15, 0.2) is 6.10 Å². The average molecular weight is 592 g/mol. The molecule has 5 nitrogen and oxygen atoms in total. The van der Waals surface area contributed by atoms with E-state index < -0.39 is 24.8 Å². The van der Waals surface area contributed by atoms with Crippen molar-refractivity contribution in [3.8, 4) is 17.0 Å². The first-order valence-electron chi connectivity index (χ1n) is 8.82. The van der Waals surface area contributed by atoms with Gasteiger partial charge >= 0.3 is 6.18 Å². The van der Waals surface area contributed by atoms with Gasteiger partial charge in [0, 0.05) is 49.9 Å². The molecule has 2 atom stereocenters. The maximum absolute atomic E-state index is 11.4. The molecule has 9 heteroatoms. The molecular formula is C20H26F3IrN2O3-. The number of rotatable bonds is 5. The fourth-order valence-corrected chi connectivity index (χ4v) is 2.25. The molecule has 1 aromatic carbocycles. The summed E-state index contributed by atoms with van der Waals surface area (Å²) in [5.74, 6) is 0.834. The van der Waals surface area contributed by atoms with Crippen molar-refractivity contribution in [2.75, 3.05) is 0 Å². The van der Waals surface area contributed by atoms with Gasteiger partial charge in [0.2, 0.25) is 0 Å². The number of hydrogen-bond acceptors (Lipinski definition) is 5. The molecule has 0 fully saturated rings. The first-order valence-corrected chi connectivity index (χ1v) is 8.82. The van der Waals surface area contributed by atoms with E-state index in [9.17, 15) is 13.2 Å². The van der Waals surface area contributed by atoms with Crippen molar-refractivity contribution < 1.29 is 48.2 Å². The van der Waals surface area contributed by atoms with Crippen LogP contribution in [0.25, 0.3) is 11.3 Å². The normalized spacial score (nSPS) is 13.1. The molecule has 0 saturated carbocycles. The van der Waals surface area contributed by atoms with E-state index in [2.05, 4.69) is 16.0 Å². The zero-order valence-electron chi connectivity index (χ0n) is 16.9. The van der Waals surface area contributed by atoms with Crippen molar-refractivity contribution in [2.24, 2.45) is 0 Å². The first-order chi connectivity index (χ1) is 12.9. The van der Waals surface area contributed by atoms with Crippen LogP contribution in [0.15, 0.2) is 24.4 Å². The van der Waals surface area contributed by atoms with Gasteiger partial charge in [0.05, 0.1) is 17.9 Å². The van der Waals surface area contributed by atoms with Crippen molar-refractivity contribution in [3.63, 3.8) is 0 Å². The van der Waals surface area contributed by atoms with E-state index in [0.29, 0.717) is 0 Å². The molecule has 0 aliphatic rings. The molecule has 2 aromatic rings. The Kier molecular flexibility index (Phi) is 11.6. The van der Waals surface area contributed by atoms with Gasteiger partial charge in [-0.05, 0) is 34.6 Å². The predicted octanol–water partition coefficient (Wildman–Crippen LogP) is 4.03. The molecule has 1 aromatic heterocycles. The van der Waals surface area contributed by atoms with Crippen LogP contribution in [-0.4, -0.2) is 44.7 Å². The number of aliphatic hydroxyl groups is 2. The summed E-state index contributed by atoms with van der Waals surface area (Å²) in [7, 11) is 0. The van der Waals surface area contributed by atoms with Gasteiger partial charge in [-0.2, -0.15) is 13.2 Å². The second-order valence-corrected chi connectivity index (χ2v) is 6.69. The van der Waals surface area contributed by atoms with Crippen molar-refractivity contribution in [3.05, 3.63) is 41.9 Å². The Labute approximate surface area is 182 Å². The number of nitrogens with zero attached hydrogens (tertiary/aromatic N) is 2. The van der Waals surface area contributed by atoms with Crippen LogP contribution in [0.5, 0.6) is 5.75 Å². The average Bonchev–Trinajstić information content (AvgIpc) is 2.53. The number of aromatic nitrogens is 2. The van der Waals surface area contributed by atoms with Crippen LogP contribution < -0.4 is 4.74 Å². The van der Waals surface area contributed by atoms with E-state index in [1.165, 1.54) is 6.92 Å². The summed E-state index contributed by atoms with van der Waals surface area (Å²) in [6.07, 6.45) is -6.89. The quantitative estimate of drug-likeness (QED) is 0.514. The molecule has 1 radical (unpaired) electrons. The Bertz CT molecular complexity index is 756. The molecule has 0 bridgehead atoms. The summed E-state index contributed by atoms with van der Waals surface area (Å²) in [6, 6.07) is 8.89. The monoisotopic (exact) mass is 592 g/mol. The van der Waals surface area contributed by atoms with Gasteiger partial charge in [0.25, 0.3) is 0 Å². The fourth-order valence-electron chi connectivity index (χ4n) is 2.25. The molecule has 165 valence electrons. The Morgan fingerprint density at radius 1 is 1.17 bits per heavy atom. The van der Waals surface area contributed by atoms with Gasteiger partial charge in [0.1, 0.15) is 0 Å². The van der Waals surface area contributed by atoms with Crippen molar-refractivity contribution >= 4 is 0 Å². The van der Waals surface area contributed by atoms with Crippen LogP contribution in [0.1, 0.15) is 38.6 Å². The molecule has 0 amide bonds. The first kappa shape index (κ1) is 27.5. The van der Waals surface area contributed by atoms with Crippen LogP contribution in [0, 0.1) is 19.9 Å². The number of benzene rings is 1. The Balaban J connectivity index is 0.000000616. The zero-order chi connectivity index (χ0) is 21.5. The number of halogens is 3.